The number of rotatable bonds is 1. The number of nitrogens with zero attached hydrogens (tertiary/aromatic N) is 2. The smallest absolute Gasteiger partial charge is 0.254 e. The second-order valence-corrected chi connectivity index (χ2v) is 5.52. The maximum absolute atomic E-state index is 12.8. The zero-order valence-electron chi connectivity index (χ0n) is 12.1. The van der Waals surface area contributed by atoms with Crippen LogP contribution in [0.2, 0.25) is 0 Å². The summed E-state index contributed by atoms with van der Waals surface area (Å²) in [6.45, 7) is 7.33. The molecule has 0 atom stereocenters. The zero-order valence-corrected chi connectivity index (χ0v) is 12.1. The summed E-state index contributed by atoms with van der Waals surface area (Å²) in [4.78, 5) is 14.6. The van der Waals surface area contributed by atoms with Crippen LogP contribution >= 0.6 is 0 Å². The number of aryl methyl sites for hydroxylation is 3. The third-order valence-electron chi connectivity index (χ3n) is 3.88. The van der Waals surface area contributed by atoms with Gasteiger partial charge in [0.05, 0.1) is 12.7 Å². The normalized spacial score (nSPS) is 14.2. The number of amides is 1. The number of fused-ring (bicyclic) bond motifs is 1. The number of hydrogen-bond acceptors (Lipinski definition) is 3. The lowest BCUT2D eigenvalue weighted by Gasteiger charge is -2.27. The van der Waals surface area contributed by atoms with Crippen molar-refractivity contribution in [3.05, 3.63) is 51.9 Å². The van der Waals surface area contributed by atoms with Gasteiger partial charge in [-0.05, 0) is 31.9 Å². The van der Waals surface area contributed by atoms with Crippen LogP contribution in [0.5, 0.6) is 0 Å². The van der Waals surface area contributed by atoms with E-state index in [4.69, 9.17) is 4.52 Å². The first-order valence-corrected chi connectivity index (χ1v) is 6.86. The van der Waals surface area contributed by atoms with Gasteiger partial charge in [-0.1, -0.05) is 22.9 Å². The summed E-state index contributed by atoms with van der Waals surface area (Å²) in [5.74, 6) is 1.01. The summed E-state index contributed by atoms with van der Waals surface area (Å²) in [6, 6.07) is 4.13. The Hall–Kier alpha value is -2.10. The Labute approximate surface area is 118 Å². The highest BCUT2D eigenvalue weighted by Gasteiger charge is 2.26. The van der Waals surface area contributed by atoms with Crippen molar-refractivity contribution in [2.75, 3.05) is 6.54 Å². The quantitative estimate of drug-likeness (QED) is 0.800. The van der Waals surface area contributed by atoms with Crippen molar-refractivity contribution in [3.8, 4) is 0 Å². The van der Waals surface area contributed by atoms with Crippen molar-refractivity contribution < 1.29 is 9.32 Å². The van der Waals surface area contributed by atoms with Crippen LogP contribution in [0.15, 0.2) is 22.9 Å². The van der Waals surface area contributed by atoms with Gasteiger partial charge in [0.1, 0.15) is 5.76 Å². The first-order valence-electron chi connectivity index (χ1n) is 6.86. The van der Waals surface area contributed by atoms with Crippen LogP contribution in [0.4, 0.5) is 0 Å². The lowest BCUT2D eigenvalue weighted by atomic mass is 9.98. The van der Waals surface area contributed by atoms with Gasteiger partial charge in [0.15, 0.2) is 0 Å². The van der Waals surface area contributed by atoms with E-state index in [2.05, 4.69) is 24.2 Å². The Balaban J connectivity index is 1.91. The van der Waals surface area contributed by atoms with Crippen molar-refractivity contribution in [3.63, 3.8) is 0 Å². The molecule has 1 aliphatic rings. The van der Waals surface area contributed by atoms with Crippen molar-refractivity contribution >= 4 is 5.91 Å². The predicted octanol–water partition coefficient (Wildman–Crippen LogP) is 2.80. The average Bonchev–Trinajstić information content (AvgIpc) is 2.84. The molecule has 0 saturated carbocycles. The molecule has 0 unspecified atom stereocenters. The van der Waals surface area contributed by atoms with Crippen molar-refractivity contribution in [2.45, 2.75) is 33.7 Å². The van der Waals surface area contributed by atoms with Gasteiger partial charge < -0.3 is 9.42 Å². The monoisotopic (exact) mass is 270 g/mol. The highest BCUT2D eigenvalue weighted by atomic mass is 16.5. The molecule has 20 heavy (non-hydrogen) atoms. The SMILES string of the molecule is Cc1cc(C)c(C(=O)N2CCc3oncc3C2)c(C)c1. The standard InChI is InChI=1S/C16H18N2O2/c1-10-6-11(2)15(12(3)7-10)16(19)18-5-4-14-13(9-18)8-17-20-14/h6-8H,4-5,9H2,1-3H3. The molecule has 104 valence electrons. The minimum Gasteiger partial charge on any atom is -0.361 e. The molecule has 0 radical (unpaired) electrons. The molecule has 1 aromatic carbocycles. The van der Waals surface area contributed by atoms with Crippen molar-refractivity contribution in [1.82, 2.24) is 10.1 Å². The van der Waals surface area contributed by atoms with E-state index >= 15 is 0 Å². The highest BCUT2D eigenvalue weighted by Crippen LogP contribution is 2.23. The maximum Gasteiger partial charge on any atom is 0.254 e. The number of carbonyl (C=O) groups excluding carboxylic acids is 1. The van der Waals surface area contributed by atoms with Crippen LogP contribution in [0.3, 0.4) is 0 Å². The van der Waals surface area contributed by atoms with Gasteiger partial charge in [0, 0.05) is 24.1 Å². The van der Waals surface area contributed by atoms with E-state index in [1.54, 1.807) is 6.20 Å². The molecule has 2 heterocycles. The Morgan fingerprint density at radius 1 is 1.25 bits per heavy atom. The number of aromatic nitrogens is 1. The molecule has 0 bridgehead atoms. The molecule has 0 spiro atoms. The molecular formula is C16H18N2O2. The first kappa shape index (κ1) is 12.9. The van der Waals surface area contributed by atoms with E-state index in [9.17, 15) is 4.79 Å². The fourth-order valence-corrected chi connectivity index (χ4v) is 2.99. The second kappa shape index (κ2) is 4.78. The lowest BCUT2D eigenvalue weighted by molar-refractivity contribution is 0.0727. The van der Waals surface area contributed by atoms with Gasteiger partial charge in [-0.15, -0.1) is 0 Å². The molecule has 4 heteroatoms. The Morgan fingerprint density at radius 3 is 2.65 bits per heavy atom. The van der Waals surface area contributed by atoms with E-state index in [1.165, 1.54) is 5.56 Å². The first-order chi connectivity index (χ1) is 9.56. The fraction of sp³-hybridized carbons (Fsp3) is 0.375. The average molecular weight is 270 g/mol. The molecule has 0 fully saturated rings. The van der Waals surface area contributed by atoms with Gasteiger partial charge in [0.2, 0.25) is 0 Å². The van der Waals surface area contributed by atoms with Crippen molar-refractivity contribution in [2.24, 2.45) is 0 Å². The molecule has 0 aliphatic carbocycles. The van der Waals surface area contributed by atoms with E-state index < -0.39 is 0 Å². The maximum atomic E-state index is 12.8. The molecule has 1 aromatic heterocycles. The largest absolute Gasteiger partial charge is 0.361 e. The minimum atomic E-state index is 0.104. The third-order valence-corrected chi connectivity index (χ3v) is 3.88. The Morgan fingerprint density at radius 2 is 1.95 bits per heavy atom. The van der Waals surface area contributed by atoms with Crippen LogP contribution in [0.25, 0.3) is 0 Å². The van der Waals surface area contributed by atoms with Crippen LogP contribution in [0, 0.1) is 20.8 Å². The minimum absolute atomic E-state index is 0.104. The Kier molecular flexibility index (Phi) is 3.08. The van der Waals surface area contributed by atoms with E-state index in [1.807, 2.05) is 18.7 Å². The molecule has 4 nitrogen and oxygen atoms in total. The topological polar surface area (TPSA) is 46.3 Å². The lowest BCUT2D eigenvalue weighted by Crippen LogP contribution is -2.36. The van der Waals surface area contributed by atoms with E-state index in [-0.39, 0.29) is 5.91 Å². The molecular weight excluding hydrogens is 252 g/mol. The second-order valence-electron chi connectivity index (χ2n) is 5.52. The number of hydrogen-bond donors (Lipinski definition) is 0. The van der Waals surface area contributed by atoms with Crippen LogP contribution in [0.1, 0.15) is 38.4 Å². The highest BCUT2D eigenvalue weighted by molar-refractivity contribution is 5.97. The number of benzene rings is 1. The summed E-state index contributed by atoms with van der Waals surface area (Å²) >= 11 is 0. The van der Waals surface area contributed by atoms with Gasteiger partial charge in [-0.3, -0.25) is 4.79 Å². The fourth-order valence-electron chi connectivity index (χ4n) is 2.99. The summed E-state index contributed by atoms with van der Waals surface area (Å²) in [5, 5.41) is 3.80. The van der Waals surface area contributed by atoms with Gasteiger partial charge in [0.25, 0.3) is 5.91 Å². The van der Waals surface area contributed by atoms with Gasteiger partial charge in [-0.2, -0.15) is 0 Å². The van der Waals surface area contributed by atoms with Crippen LogP contribution < -0.4 is 0 Å². The van der Waals surface area contributed by atoms with Crippen LogP contribution in [-0.4, -0.2) is 22.5 Å². The molecule has 2 aromatic rings. The Bertz CT molecular complexity index is 650. The molecule has 1 amide bonds. The summed E-state index contributed by atoms with van der Waals surface area (Å²) in [6.07, 6.45) is 2.45. The molecule has 1 aliphatic heterocycles. The molecule has 3 rings (SSSR count). The van der Waals surface area contributed by atoms with Gasteiger partial charge in [-0.25, -0.2) is 0 Å². The predicted molar refractivity (Wildman–Crippen MR) is 75.6 cm³/mol. The van der Waals surface area contributed by atoms with Crippen LogP contribution in [-0.2, 0) is 13.0 Å². The molecule has 0 saturated heterocycles. The summed E-state index contributed by atoms with van der Waals surface area (Å²) in [5.41, 5.74) is 5.13. The van der Waals surface area contributed by atoms with Gasteiger partial charge >= 0.3 is 0 Å². The zero-order chi connectivity index (χ0) is 14.3. The van der Waals surface area contributed by atoms with E-state index in [0.29, 0.717) is 13.1 Å². The summed E-state index contributed by atoms with van der Waals surface area (Å²) in [7, 11) is 0. The third kappa shape index (κ3) is 2.11. The summed E-state index contributed by atoms with van der Waals surface area (Å²) < 4.78 is 5.16. The van der Waals surface area contributed by atoms with E-state index in [0.717, 1.165) is 34.4 Å². The molecule has 0 N–H and O–H groups in total. The van der Waals surface area contributed by atoms with Crippen molar-refractivity contribution in [1.29, 1.82) is 0 Å². The number of carbonyl (C=O) groups is 1.